The van der Waals surface area contributed by atoms with Crippen molar-refractivity contribution in [2.24, 2.45) is 4.99 Å². The molecule has 2 atom stereocenters. The molecule has 0 radical (unpaired) electrons. The van der Waals surface area contributed by atoms with Crippen LogP contribution in [-0.4, -0.2) is 22.4 Å². The molecule has 272 valence electrons. The largest absolute Gasteiger partial charge is 0.455 e. The van der Waals surface area contributed by atoms with Crippen molar-refractivity contribution in [3.8, 4) is 27.9 Å². The van der Waals surface area contributed by atoms with Crippen LogP contribution in [0.1, 0.15) is 29.0 Å². The summed E-state index contributed by atoms with van der Waals surface area (Å²) < 4.78 is 8.92. The van der Waals surface area contributed by atoms with Gasteiger partial charge in [0.25, 0.3) is 0 Å². The van der Waals surface area contributed by atoms with Gasteiger partial charge in [-0.15, -0.1) is 0 Å². The van der Waals surface area contributed by atoms with Gasteiger partial charge in [0, 0.05) is 38.4 Å². The quantitative estimate of drug-likeness (QED) is 0.185. The maximum Gasteiger partial charge on any atom is 0.143 e. The minimum atomic E-state index is -0.191. The topological polar surface area (TPSA) is 45.7 Å². The SMILES string of the molecule is CN1C(c2ccc(-n3c4ccc(-c5ccccc5)cc4c4ccc(-c5cccc6c5oc5ccccc56)cc43)cc2)N=C(c2ccccc2)NC1c1ccccc1. The molecule has 0 bridgehead atoms. The maximum atomic E-state index is 6.51. The molecule has 3 heterocycles. The summed E-state index contributed by atoms with van der Waals surface area (Å²) in [6, 6.07) is 69.1. The van der Waals surface area contributed by atoms with E-state index < -0.39 is 0 Å². The number of furan rings is 1. The highest BCUT2D eigenvalue weighted by Crippen LogP contribution is 2.41. The van der Waals surface area contributed by atoms with E-state index in [0.29, 0.717) is 0 Å². The minimum Gasteiger partial charge on any atom is -0.455 e. The predicted octanol–water partition coefficient (Wildman–Crippen LogP) is 12.7. The standard InChI is InChI=1S/C52H38N4O/c1-55-51(36-18-9-4-10-19-36)53-50(35-16-7-3-8-17-35)54-52(55)37-24-28-40(29-25-37)56-46-31-27-38(34-14-5-2-6-15-34)32-45(46)42-30-26-39(33-47(42)56)41-21-13-22-44-43-20-11-12-23-48(43)57-49(41)44/h2-33,51-52H,1H3,(H,53,54). The molecule has 1 aliphatic heterocycles. The van der Waals surface area contributed by atoms with E-state index in [1.54, 1.807) is 0 Å². The number of nitrogens with zero attached hydrogens (tertiary/aromatic N) is 3. The van der Waals surface area contributed by atoms with Gasteiger partial charge < -0.3 is 14.3 Å². The second kappa shape index (κ2) is 13.5. The lowest BCUT2D eigenvalue weighted by Crippen LogP contribution is -2.45. The zero-order valence-corrected chi connectivity index (χ0v) is 31.4. The van der Waals surface area contributed by atoms with Crippen molar-refractivity contribution < 1.29 is 4.42 Å². The summed E-state index contributed by atoms with van der Waals surface area (Å²) in [5.41, 5.74) is 13.2. The molecular formula is C52H38N4O. The average molecular weight is 735 g/mol. The predicted molar refractivity (Wildman–Crippen MR) is 235 cm³/mol. The minimum absolute atomic E-state index is 0.0469. The fourth-order valence-electron chi connectivity index (χ4n) is 8.69. The lowest BCUT2D eigenvalue weighted by atomic mass is 10.00. The highest BCUT2D eigenvalue weighted by Gasteiger charge is 2.31. The van der Waals surface area contributed by atoms with E-state index in [1.165, 1.54) is 27.5 Å². The molecule has 5 nitrogen and oxygen atoms in total. The molecule has 5 heteroatoms. The molecule has 0 amide bonds. The summed E-state index contributed by atoms with van der Waals surface area (Å²) in [7, 11) is 2.15. The Balaban J connectivity index is 1.06. The van der Waals surface area contributed by atoms with Gasteiger partial charge in [0.15, 0.2) is 0 Å². The van der Waals surface area contributed by atoms with E-state index >= 15 is 0 Å². The Morgan fingerprint density at radius 3 is 1.96 bits per heavy atom. The van der Waals surface area contributed by atoms with E-state index in [4.69, 9.17) is 9.41 Å². The smallest absolute Gasteiger partial charge is 0.143 e. The molecule has 2 unspecified atom stereocenters. The van der Waals surface area contributed by atoms with Crippen LogP contribution in [0.5, 0.6) is 0 Å². The molecule has 11 rings (SSSR count). The first-order chi connectivity index (χ1) is 28.2. The van der Waals surface area contributed by atoms with Crippen LogP contribution in [0.2, 0.25) is 0 Å². The number of hydrogen-bond donors (Lipinski definition) is 1. The van der Waals surface area contributed by atoms with Crippen molar-refractivity contribution in [1.29, 1.82) is 0 Å². The van der Waals surface area contributed by atoms with Crippen LogP contribution < -0.4 is 5.32 Å². The highest BCUT2D eigenvalue weighted by molar-refractivity contribution is 6.13. The van der Waals surface area contributed by atoms with Crippen LogP contribution in [0.3, 0.4) is 0 Å². The Kier molecular flexibility index (Phi) is 7.86. The molecule has 8 aromatic carbocycles. The van der Waals surface area contributed by atoms with Crippen molar-refractivity contribution in [3.63, 3.8) is 0 Å². The third-order valence-corrected chi connectivity index (χ3v) is 11.5. The van der Waals surface area contributed by atoms with E-state index in [9.17, 15) is 0 Å². The van der Waals surface area contributed by atoms with Crippen LogP contribution in [-0.2, 0) is 0 Å². The molecule has 10 aromatic rings. The number of benzene rings is 8. The fourth-order valence-corrected chi connectivity index (χ4v) is 8.69. The van der Waals surface area contributed by atoms with Gasteiger partial charge in [-0.05, 0) is 71.3 Å². The highest BCUT2D eigenvalue weighted by atomic mass is 16.3. The molecule has 0 fully saturated rings. The Labute approximate surface area is 330 Å². The zero-order chi connectivity index (χ0) is 37.9. The number of para-hydroxylation sites is 2. The van der Waals surface area contributed by atoms with E-state index in [0.717, 1.165) is 66.7 Å². The van der Waals surface area contributed by atoms with Gasteiger partial charge >= 0.3 is 0 Å². The van der Waals surface area contributed by atoms with Gasteiger partial charge in [-0.25, -0.2) is 4.99 Å². The maximum absolute atomic E-state index is 6.51. The summed E-state index contributed by atoms with van der Waals surface area (Å²) in [6.45, 7) is 0. The van der Waals surface area contributed by atoms with Crippen molar-refractivity contribution >= 4 is 49.6 Å². The van der Waals surface area contributed by atoms with Crippen LogP contribution in [0, 0.1) is 0 Å². The molecule has 0 spiro atoms. The lowest BCUT2D eigenvalue weighted by molar-refractivity contribution is 0.152. The molecular weight excluding hydrogens is 697 g/mol. The Morgan fingerprint density at radius 2 is 1.18 bits per heavy atom. The number of fused-ring (bicyclic) bond motifs is 6. The van der Waals surface area contributed by atoms with Gasteiger partial charge in [-0.1, -0.05) is 158 Å². The number of amidine groups is 1. The molecule has 1 aliphatic rings. The van der Waals surface area contributed by atoms with Crippen LogP contribution >= 0.6 is 0 Å². The van der Waals surface area contributed by atoms with Crippen LogP contribution in [0.4, 0.5) is 0 Å². The van der Waals surface area contributed by atoms with Gasteiger partial charge in [0.1, 0.15) is 29.3 Å². The van der Waals surface area contributed by atoms with Crippen molar-refractivity contribution in [3.05, 3.63) is 211 Å². The van der Waals surface area contributed by atoms with Gasteiger partial charge in [0.05, 0.1) is 11.0 Å². The summed E-state index contributed by atoms with van der Waals surface area (Å²) in [6.07, 6.45) is -0.238. The molecule has 0 saturated carbocycles. The van der Waals surface area contributed by atoms with Crippen molar-refractivity contribution in [2.45, 2.75) is 12.3 Å². The van der Waals surface area contributed by atoms with Crippen LogP contribution in [0.15, 0.2) is 204 Å². The number of aliphatic imine (C=N–C) groups is 1. The third-order valence-electron chi connectivity index (χ3n) is 11.5. The lowest BCUT2D eigenvalue weighted by Gasteiger charge is -2.39. The first kappa shape index (κ1) is 33.2. The van der Waals surface area contributed by atoms with Gasteiger partial charge in [-0.3, -0.25) is 4.90 Å². The summed E-state index contributed by atoms with van der Waals surface area (Å²) in [4.78, 5) is 7.62. The fraction of sp³-hybridized carbons (Fsp3) is 0.0577. The number of rotatable bonds is 6. The van der Waals surface area contributed by atoms with Gasteiger partial charge in [0.2, 0.25) is 0 Å². The summed E-state index contributed by atoms with van der Waals surface area (Å²) in [5.74, 6) is 0.889. The summed E-state index contributed by atoms with van der Waals surface area (Å²) >= 11 is 0. The number of hydrogen-bond acceptors (Lipinski definition) is 4. The van der Waals surface area contributed by atoms with Crippen molar-refractivity contribution in [2.75, 3.05) is 7.05 Å². The van der Waals surface area contributed by atoms with E-state index in [-0.39, 0.29) is 12.3 Å². The molecule has 2 aromatic heterocycles. The second-order valence-electron chi connectivity index (χ2n) is 14.9. The first-order valence-electron chi connectivity index (χ1n) is 19.5. The molecule has 0 aliphatic carbocycles. The van der Waals surface area contributed by atoms with E-state index in [2.05, 4.69) is 198 Å². The monoisotopic (exact) mass is 734 g/mol. The third kappa shape index (κ3) is 5.63. The Bertz CT molecular complexity index is 3110. The number of nitrogens with one attached hydrogen (secondary N) is 1. The molecule has 1 N–H and O–H groups in total. The zero-order valence-electron chi connectivity index (χ0n) is 31.4. The van der Waals surface area contributed by atoms with Crippen LogP contribution in [0.25, 0.3) is 71.7 Å². The first-order valence-corrected chi connectivity index (χ1v) is 19.5. The number of aromatic nitrogens is 1. The Hall–Kier alpha value is -7.21. The van der Waals surface area contributed by atoms with Gasteiger partial charge in [-0.2, -0.15) is 0 Å². The molecule has 0 saturated heterocycles. The summed E-state index contributed by atoms with van der Waals surface area (Å²) in [5, 5.41) is 8.40. The van der Waals surface area contributed by atoms with E-state index in [1.807, 2.05) is 18.2 Å². The average Bonchev–Trinajstić information content (AvgIpc) is 3.83. The second-order valence-corrected chi connectivity index (χ2v) is 14.9. The molecule has 57 heavy (non-hydrogen) atoms. The van der Waals surface area contributed by atoms with Crippen molar-refractivity contribution in [1.82, 2.24) is 14.8 Å². The Morgan fingerprint density at radius 1 is 0.491 bits per heavy atom. The normalized spacial score (nSPS) is 16.0.